The van der Waals surface area contributed by atoms with E-state index in [1.54, 1.807) is 0 Å². The molecular formula is C11H10F4N2O. The van der Waals surface area contributed by atoms with Crippen LogP contribution in [-0.2, 0) is 10.3 Å². The van der Waals surface area contributed by atoms with Crippen LogP contribution in [0.4, 0.5) is 17.6 Å². The van der Waals surface area contributed by atoms with E-state index in [2.05, 4.69) is 9.73 Å². The lowest BCUT2D eigenvalue weighted by Crippen LogP contribution is -2.54. The molecule has 1 heterocycles. The molecule has 2 N–H and O–H groups in total. The largest absolute Gasteiger partial charge is 0.459 e. The zero-order chi connectivity index (χ0) is 13.4. The lowest BCUT2D eigenvalue weighted by atomic mass is 9.84. The number of nitrogens with two attached hydrogens (primary N) is 1. The Morgan fingerprint density at radius 3 is 2.61 bits per heavy atom. The quantitative estimate of drug-likeness (QED) is 0.828. The van der Waals surface area contributed by atoms with Gasteiger partial charge in [0.1, 0.15) is 12.5 Å². The van der Waals surface area contributed by atoms with E-state index in [0.29, 0.717) is 0 Å². The molecule has 7 heteroatoms. The Bertz CT molecular complexity index is 492. The normalized spacial score (nSPS) is 26.3. The number of ether oxygens (including phenoxy) is 1. The number of hydrogen-bond acceptors (Lipinski definition) is 3. The minimum absolute atomic E-state index is 0.538. The Balaban J connectivity index is 2.66. The predicted octanol–water partition coefficient (Wildman–Crippen LogP) is 1.97. The summed E-state index contributed by atoms with van der Waals surface area (Å²) in [7, 11) is 0. The maximum Gasteiger partial charge on any atom is 0.313 e. The molecule has 0 bridgehead atoms. The zero-order valence-corrected chi connectivity index (χ0v) is 9.17. The molecule has 1 unspecified atom stereocenters. The van der Waals surface area contributed by atoms with Gasteiger partial charge in [0.05, 0.1) is 0 Å². The van der Waals surface area contributed by atoms with Crippen molar-refractivity contribution in [1.29, 1.82) is 0 Å². The van der Waals surface area contributed by atoms with Crippen molar-refractivity contribution >= 4 is 6.02 Å². The van der Waals surface area contributed by atoms with Gasteiger partial charge in [0, 0.05) is 5.56 Å². The Labute approximate surface area is 100 Å². The molecule has 0 aromatic heterocycles. The number of rotatable bonds is 2. The number of amidine groups is 1. The number of alkyl halides is 3. The first-order chi connectivity index (χ1) is 8.43. The Morgan fingerprint density at radius 2 is 2.00 bits per heavy atom. The van der Waals surface area contributed by atoms with Gasteiger partial charge in [0.2, 0.25) is 0 Å². The monoisotopic (exact) mass is 262 g/mol. The molecule has 1 aliphatic heterocycles. The van der Waals surface area contributed by atoms with E-state index >= 15 is 0 Å². The highest BCUT2D eigenvalue weighted by Crippen LogP contribution is 2.44. The first-order valence-corrected chi connectivity index (χ1v) is 5.10. The summed E-state index contributed by atoms with van der Waals surface area (Å²) in [4.78, 5) is 3.32. The van der Waals surface area contributed by atoms with Crippen molar-refractivity contribution in [3.8, 4) is 0 Å². The molecule has 1 atom stereocenters. The molecule has 0 spiro atoms. The van der Waals surface area contributed by atoms with E-state index < -0.39 is 42.1 Å². The first-order valence-electron chi connectivity index (χ1n) is 5.10. The van der Waals surface area contributed by atoms with Gasteiger partial charge in [-0.2, -0.15) is 8.78 Å². The van der Waals surface area contributed by atoms with E-state index in [4.69, 9.17) is 5.73 Å². The van der Waals surface area contributed by atoms with Crippen molar-refractivity contribution in [2.24, 2.45) is 10.7 Å². The molecule has 0 radical (unpaired) electrons. The Kier molecular flexibility index (Phi) is 2.92. The summed E-state index contributed by atoms with van der Waals surface area (Å²) in [5, 5.41) is 0. The summed E-state index contributed by atoms with van der Waals surface area (Å²) in [6.07, 6.45) is 0. The summed E-state index contributed by atoms with van der Waals surface area (Å²) in [5.74, 6) is -4.65. The van der Waals surface area contributed by atoms with Gasteiger partial charge in [-0.15, -0.1) is 0 Å². The second kappa shape index (κ2) is 4.15. The van der Waals surface area contributed by atoms with Crippen molar-refractivity contribution in [2.75, 3.05) is 13.3 Å². The van der Waals surface area contributed by atoms with E-state index in [9.17, 15) is 17.6 Å². The molecule has 3 nitrogen and oxygen atoms in total. The van der Waals surface area contributed by atoms with Gasteiger partial charge >= 0.3 is 5.92 Å². The van der Waals surface area contributed by atoms with E-state index in [-0.39, 0.29) is 0 Å². The second-order valence-corrected chi connectivity index (χ2v) is 3.92. The number of aliphatic imine (C=N–C) groups is 1. The fraction of sp³-hybridized carbons (Fsp3) is 0.364. The van der Waals surface area contributed by atoms with Crippen molar-refractivity contribution in [3.63, 3.8) is 0 Å². The molecule has 1 aromatic rings. The van der Waals surface area contributed by atoms with Crippen LogP contribution in [0.2, 0.25) is 0 Å². The molecule has 18 heavy (non-hydrogen) atoms. The predicted molar refractivity (Wildman–Crippen MR) is 56.6 cm³/mol. The summed E-state index contributed by atoms with van der Waals surface area (Å²) in [5.41, 5.74) is 2.00. The van der Waals surface area contributed by atoms with Gasteiger partial charge in [0.15, 0.2) is 12.1 Å². The minimum atomic E-state index is -3.69. The van der Waals surface area contributed by atoms with Gasteiger partial charge < -0.3 is 10.5 Å². The van der Waals surface area contributed by atoms with Crippen LogP contribution in [0.15, 0.2) is 29.3 Å². The van der Waals surface area contributed by atoms with Crippen LogP contribution < -0.4 is 5.73 Å². The molecule has 1 aliphatic rings. The number of halogens is 4. The average Bonchev–Trinajstić information content (AvgIpc) is 2.33. The van der Waals surface area contributed by atoms with Crippen LogP contribution in [-0.4, -0.2) is 25.2 Å². The highest BCUT2D eigenvalue weighted by molar-refractivity contribution is 5.73. The molecule has 98 valence electrons. The Hall–Kier alpha value is -1.79. The fourth-order valence-corrected chi connectivity index (χ4v) is 1.84. The highest BCUT2D eigenvalue weighted by Gasteiger charge is 2.59. The fourth-order valence-electron chi connectivity index (χ4n) is 1.84. The minimum Gasteiger partial charge on any atom is -0.459 e. The summed E-state index contributed by atoms with van der Waals surface area (Å²) < 4.78 is 59.0. The molecule has 0 aliphatic carbocycles. The molecule has 0 amide bonds. The average molecular weight is 262 g/mol. The molecule has 0 fully saturated rings. The van der Waals surface area contributed by atoms with Gasteiger partial charge in [-0.05, 0) is 6.07 Å². The molecule has 0 saturated carbocycles. The summed E-state index contributed by atoms with van der Waals surface area (Å²) in [6, 6.07) is 4.08. The second-order valence-electron chi connectivity index (χ2n) is 3.92. The van der Waals surface area contributed by atoms with Crippen LogP contribution in [0.25, 0.3) is 0 Å². The van der Waals surface area contributed by atoms with E-state index in [1.165, 1.54) is 12.1 Å². The van der Waals surface area contributed by atoms with Crippen LogP contribution in [0, 0.1) is 5.82 Å². The smallest absolute Gasteiger partial charge is 0.313 e. The van der Waals surface area contributed by atoms with Crippen molar-refractivity contribution in [1.82, 2.24) is 0 Å². The third-order valence-corrected chi connectivity index (χ3v) is 2.82. The lowest BCUT2D eigenvalue weighted by Gasteiger charge is -2.38. The third kappa shape index (κ3) is 1.70. The van der Waals surface area contributed by atoms with Crippen molar-refractivity contribution in [2.45, 2.75) is 11.5 Å². The number of hydrogen-bond donors (Lipinski definition) is 1. The summed E-state index contributed by atoms with van der Waals surface area (Å²) in [6.45, 7) is -2.72. The maximum atomic E-state index is 13.9. The lowest BCUT2D eigenvalue weighted by molar-refractivity contribution is -0.129. The van der Waals surface area contributed by atoms with Crippen LogP contribution in [0.1, 0.15) is 5.56 Å². The number of benzene rings is 1. The zero-order valence-electron chi connectivity index (χ0n) is 9.17. The van der Waals surface area contributed by atoms with Gasteiger partial charge in [-0.3, -0.25) is 0 Å². The van der Waals surface area contributed by atoms with Crippen LogP contribution in [0.5, 0.6) is 0 Å². The third-order valence-electron chi connectivity index (χ3n) is 2.82. The standard InChI is InChI=1S/C11H10F4N2O/c12-5-10(7-3-1-2-4-8(7)13)11(14,15)6-18-9(16)17-10/h1-4H,5-6H2,(H2,16,17). The molecule has 1 aromatic carbocycles. The van der Waals surface area contributed by atoms with E-state index in [0.717, 1.165) is 12.1 Å². The van der Waals surface area contributed by atoms with Gasteiger partial charge in [-0.1, -0.05) is 18.2 Å². The Morgan fingerprint density at radius 1 is 1.33 bits per heavy atom. The summed E-state index contributed by atoms with van der Waals surface area (Å²) >= 11 is 0. The topological polar surface area (TPSA) is 47.6 Å². The molecule has 0 saturated heterocycles. The molecular weight excluding hydrogens is 252 g/mol. The van der Waals surface area contributed by atoms with Crippen LogP contribution >= 0.6 is 0 Å². The van der Waals surface area contributed by atoms with E-state index in [1.807, 2.05) is 0 Å². The maximum absolute atomic E-state index is 13.9. The highest BCUT2D eigenvalue weighted by atomic mass is 19.3. The van der Waals surface area contributed by atoms with Gasteiger partial charge in [0.25, 0.3) is 6.02 Å². The van der Waals surface area contributed by atoms with Crippen LogP contribution in [0.3, 0.4) is 0 Å². The SMILES string of the molecule is NC1=NC(CF)(c2ccccc2F)C(F)(F)CO1. The first kappa shape index (κ1) is 12.7. The van der Waals surface area contributed by atoms with Crippen molar-refractivity contribution < 1.29 is 22.3 Å². The number of nitrogens with zero attached hydrogens (tertiary/aromatic N) is 1. The van der Waals surface area contributed by atoms with Crippen molar-refractivity contribution in [3.05, 3.63) is 35.6 Å². The molecule has 2 rings (SSSR count). The van der Waals surface area contributed by atoms with Gasteiger partial charge in [-0.25, -0.2) is 13.8 Å².